The Morgan fingerprint density at radius 1 is 1.50 bits per heavy atom. The highest BCUT2D eigenvalue weighted by Crippen LogP contribution is 2.12. The number of carbonyl (C=O) groups excluding carboxylic acids is 2. The minimum Gasteiger partial charge on any atom is -0.479 e. The Bertz CT molecular complexity index is 328. The fourth-order valence-electron chi connectivity index (χ4n) is 1.83. The Labute approximate surface area is 106 Å². The SMILES string of the molecule is CCCCCC(OC(=O)[C@@H]1CCC(=O)N1)C(=O)O. The molecular formula is C12H19NO5. The molecule has 1 aliphatic rings. The Hall–Kier alpha value is -1.59. The molecule has 102 valence electrons. The van der Waals surface area contributed by atoms with Gasteiger partial charge in [0, 0.05) is 6.42 Å². The number of aliphatic carboxylic acids is 1. The van der Waals surface area contributed by atoms with E-state index in [-0.39, 0.29) is 12.3 Å². The minimum atomic E-state index is -1.14. The summed E-state index contributed by atoms with van der Waals surface area (Å²) in [5, 5.41) is 11.4. The summed E-state index contributed by atoms with van der Waals surface area (Å²) in [6.07, 6.45) is 2.45. The van der Waals surface area contributed by atoms with Gasteiger partial charge in [-0.25, -0.2) is 9.59 Å². The van der Waals surface area contributed by atoms with Crippen molar-refractivity contribution in [2.75, 3.05) is 0 Å². The number of unbranched alkanes of at least 4 members (excludes halogenated alkanes) is 2. The van der Waals surface area contributed by atoms with Crippen molar-refractivity contribution in [1.29, 1.82) is 0 Å². The van der Waals surface area contributed by atoms with E-state index < -0.39 is 24.1 Å². The average Bonchev–Trinajstić information content (AvgIpc) is 2.74. The summed E-state index contributed by atoms with van der Waals surface area (Å²) < 4.78 is 4.94. The van der Waals surface area contributed by atoms with Gasteiger partial charge in [-0.15, -0.1) is 0 Å². The molecule has 2 atom stereocenters. The lowest BCUT2D eigenvalue weighted by Crippen LogP contribution is -2.38. The second kappa shape index (κ2) is 6.98. The van der Waals surface area contributed by atoms with Crippen molar-refractivity contribution in [3.8, 4) is 0 Å². The van der Waals surface area contributed by atoms with Crippen molar-refractivity contribution in [2.45, 2.75) is 57.6 Å². The minimum absolute atomic E-state index is 0.199. The van der Waals surface area contributed by atoms with Crippen LogP contribution in [0.2, 0.25) is 0 Å². The molecule has 1 unspecified atom stereocenters. The standard InChI is InChI=1S/C12H19NO5/c1-2-3-4-5-9(11(15)16)18-12(17)8-6-7-10(14)13-8/h8-9H,2-7H2,1H3,(H,13,14)(H,15,16)/t8-,9?/m0/s1. The monoisotopic (exact) mass is 257 g/mol. The molecule has 0 saturated carbocycles. The molecule has 0 aromatic heterocycles. The molecule has 1 rings (SSSR count). The van der Waals surface area contributed by atoms with Gasteiger partial charge in [-0.05, 0) is 19.3 Å². The van der Waals surface area contributed by atoms with Crippen LogP contribution < -0.4 is 5.32 Å². The second-order valence-electron chi connectivity index (χ2n) is 4.42. The van der Waals surface area contributed by atoms with Crippen molar-refractivity contribution in [1.82, 2.24) is 5.32 Å². The topological polar surface area (TPSA) is 92.7 Å². The predicted molar refractivity (Wildman–Crippen MR) is 62.8 cm³/mol. The highest BCUT2D eigenvalue weighted by atomic mass is 16.6. The molecule has 0 bridgehead atoms. The maximum Gasteiger partial charge on any atom is 0.345 e. The van der Waals surface area contributed by atoms with E-state index in [0.29, 0.717) is 19.3 Å². The third-order valence-corrected chi connectivity index (χ3v) is 2.88. The smallest absolute Gasteiger partial charge is 0.345 e. The lowest BCUT2D eigenvalue weighted by Gasteiger charge is -2.16. The van der Waals surface area contributed by atoms with Gasteiger partial charge in [0.15, 0.2) is 6.10 Å². The van der Waals surface area contributed by atoms with Gasteiger partial charge in [0.1, 0.15) is 6.04 Å². The number of hydrogen-bond donors (Lipinski definition) is 2. The zero-order valence-corrected chi connectivity index (χ0v) is 10.5. The summed E-state index contributed by atoms with van der Waals surface area (Å²) >= 11 is 0. The van der Waals surface area contributed by atoms with Crippen molar-refractivity contribution in [3.63, 3.8) is 0 Å². The number of ether oxygens (including phenoxy) is 1. The molecule has 6 heteroatoms. The van der Waals surface area contributed by atoms with Crippen molar-refractivity contribution >= 4 is 17.8 Å². The van der Waals surface area contributed by atoms with Crippen LogP contribution in [0.5, 0.6) is 0 Å². The Balaban J connectivity index is 2.42. The Morgan fingerprint density at radius 3 is 2.72 bits per heavy atom. The number of carboxylic acids is 1. The quantitative estimate of drug-likeness (QED) is 0.521. The summed E-state index contributed by atoms with van der Waals surface area (Å²) in [7, 11) is 0. The number of esters is 1. The Morgan fingerprint density at radius 2 is 2.22 bits per heavy atom. The second-order valence-corrected chi connectivity index (χ2v) is 4.42. The van der Waals surface area contributed by atoms with E-state index in [9.17, 15) is 14.4 Å². The van der Waals surface area contributed by atoms with Crippen LogP contribution >= 0.6 is 0 Å². The summed E-state index contributed by atoms with van der Waals surface area (Å²) in [4.78, 5) is 33.5. The number of carboxylic acid groups (broad SMARTS) is 1. The lowest BCUT2D eigenvalue weighted by molar-refractivity contribution is -0.165. The normalized spacial score (nSPS) is 20.3. The molecule has 0 aliphatic carbocycles. The lowest BCUT2D eigenvalue weighted by atomic mass is 10.1. The molecule has 0 spiro atoms. The average molecular weight is 257 g/mol. The van der Waals surface area contributed by atoms with E-state index in [2.05, 4.69) is 5.32 Å². The first-order valence-electron chi connectivity index (χ1n) is 6.27. The van der Waals surface area contributed by atoms with Crippen molar-refractivity contribution in [3.05, 3.63) is 0 Å². The molecule has 18 heavy (non-hydrogen) atoms. The van der Waals surface area contributed by atoms with E-state index >= 15 is 0 Å². The van der Waals surface area contributed by atoms with Crippen LogP contribution in [0.4, 0.5) is 0 Å². The van der Waals surface area contributed by atoms with Gasteiger partial charge in [-0.1, -0.05) is 19.8 Å². The summed E-state index contributed by atoms with van der Waals surface area (Å²) in [5.74, 6) is -1.98. The highest BCUT2D eigenvalue weighted by Gasteiger charge is 2.31. The van der Waals surface area contributed by atoms with Crippen LogP contribution in [0.15, 0.2) is 0 Å². The van der Waals surface area contributed by atoms with E-state index in [4.69, 9.17) is 9.84 Å². The van der Waals surface area contributed by atoms with Crippen LogP contribution in [0.1, 0.15) is 45.4 Å². The fraction of sp³-hybridized carbons (Fsp3) is 0.750. The van der Waals surface area contributed by atoms with Gasteiger partial charge in [0.05, 0.1) is 0 Å². The molecule has 1 saturated heterocycles. The molecule has 2 N–H and O–H groups in total. The van der Waals surface area contributed by atoms with Gasteiger partial charge in [0.2, 0.25) is 5.91 Å². The van der Waals surface area contributed by atoms with Gasteiger partial charge in [0.25, 0.3) is 0 Å². The van der Waals surface area contributed by atoms with E-state index in [1.54, 1.807) is 0 Å². The predicted octanol–water partition coefficient (Wildman–Crippen LogP) is 0.842. The van der Waals surface area contributed by atoms with Gasteiger partial charge in [-0.3, -0.25) is 4.79 Å². The molecule has 1 amide bonds. The molecule has 0 aromatic rings. The van der Waals surface area contributed by atoms with Gasteiger partial charge >= 0.3 is 11.9 Å². The van der Waals surface area contributed by atoms with E-state index in [0.717, 1.165) is 12.8 Å². The first kappa shape index (κ1) is 14.5. The highest BCUT2D eigenvalue weighted by molar-refractivity contribution is 5.89. The first-order chi connectivity index (χ1) is 8.54. The Kier molecular flexibility index (Phi) is 5.61. The van der Waals surface area contributed by atoms with Crippen LogP contribution in [0, 0.1) is 0 Å². The summed E-state index contributed by atoms with van der Waals surface area (Å²) in [6.45, 7) is 2.01. The summed E-state index contributed by atoms with van der Waals surface area (Å²) in [5.41, 5.74) is 0. The molecule has 0 aromatic carbocycles. The van der Waals surface area contributed by atoms with Crippen molar-refractivity contribution < 1.29 is 24.2 Å². The number of amides is 1. The molecular weight excluding hydrogens is 238 g/mol. The third kappa shape index (κ3) is 4.35. The summed E-state index contributed by atoms with van der Waals surface area (Å²) in [6, 6.07) is -0.689. The first-order valence-corrected chi connectivity index (χ1v) is 6.27. The zero-order chi connectivity index (χ0) is 13.5. The van der Waals surface area contributed by atoms with Crippen LogP contribution in [0.3, 0.4) is 0 Å². The van der Waals surface area contributed by atoms with E-state index in [1.807, 2.05) is 6.92 Å². The zero-order valence-electron chi connectivity index (χ0n) is 10.5. The molecule has 1 heterocycles. The molecule has 1 fully saturated rings. The van der Waals surface area contributed by atoms with Gasteiger partial charge in [-0.2, -0.15) is 0 Å². The maximum absolute atomic E-state index is 11.6. The number of carbonyl (C=O) groups is 3. The number of rotatable bonds is 7. The van der Waals surface area contributed by atoms with Crippen molar-refractivity contribution in [2.24, 2.45) is 0 Å². The fourth-order valence-corrected chi connectivity index (χ4v) is 1.83. The van der Waals surface area contributed by atoms with Crippen LogP contribution in [-0.2, 0) is 19.1 Å². The van der Waals surface area contributed by atoms with Crippen LogP contribution in [0.25, 0.3) is 0 Å². The maximum atomic E-state index is 11.6. The van der Waals surface area contributed by atoms with Crippen LogP contribution in [-0.4, -0.2) is 35.1 Å². The third-order valence-electron chi connectivity index (χ3n) is 2.88. The largest absolute Gasteiger partial charge is 0.479 e. The molecule has 0 radical (unpaired) electrons. The molecule has 6 nitrogen and oxygen atoms in total. The number of hydrogen-bond acceptors (Lipinski definition) is 4. The van der Waals surface area contributed by atoms with Gasteiger partial charge < -0.3 is 15.2 Å². The molecule has 1 aliphatic heterocycles. The van der Waals surface area contributed by atoms with E-state index in [1.165, 1.54) is 0 Å². The number of nitrogens with one attached hydrogen (secondary N) is 1.